The zero-order chi connectivity index (χ0) is 27.8. The molecule has 2 heterocycles. The Labute approximate surface area is 216 Å². The van der Waals surface area contributed by atoms with Gasteiger partial charge in [0.05, 0.1) is 11.1 Å². The lowest BCUT2D eigenvalue weighted by Gasteiger charge is -2.36. The van der Waals surface area contributed by atoms with Crippen molar-refractivity contribution in [2.45, 2.75) is 39.5 Å². The molecule has 4 rings (SSSR count). The second-order valence-corrected chi connectivity index (χ2v) is 9.23. The minimum Gasteiger partial charge on any atom is -0.353 e. The van der Waals surface area contributed by atoms with Crippen LogP contribution in [0.2, 0.25) is 0 Å². The Morgan fingerprint density at radius 2 is 1.47 bits per heavy atom. The van der Waals surface area contributed by atoms with Crippen molar-refractivity contribution in [3.05, 3.63) is 76.0 Å². The SMILES string of the molecule is CCc1c(C)nc(-c2cccc(C)c2)nc1N1CCN(C(=O)c2cc(C(F)(F)F)cc(C(F)(F)F)c2)CC1. The number of piperazine rings is 1. The third-order valence-electron chi connectivity index (χ3n) is 6.52. The number of aryl methyl sites for hydroxylation is 2. The Balaban J connectivity index is 1.59. The molecule has 0 N–H and O–H groups in total. The molecule has 0 bridgehead atoms. The Morgan fingerprint density at radius 3 is 2.00 bits per heavy atom. The molecule has 1 fully saturated rings. The van der Waals surface area contributed by atoms with Gasteiger partial charge in [-0.05, 0) is 44.5 Å². The fraction of sp³-hybridized carbons (Fsp3) is 0.370. The van der Waals surface area contributed by atoms with Gasteiger partial charge in [0.15, 0.2) is 5.82 Å². The summed E-state index contributed by atoms with van der Waals surface area (Å²) in [6.45, 7) is 6.70. The summed E-state index contributed by atoms with van der Waals surface area (Å²) < 4.78 is 79.5. The predicted octanol–water partition coefficient (Wildman–Crippen LogP) is 6.32. The van der Waals surface area contributed by atoms with Gasteiger partial charge < -0.3 is 9.80 Å². The lowest BCUT2D eigenvalue weighted by Crippen LogP contribution is -2.49. The van der Waals surface area contributed by atoms with Crippen LogP contribution in [0.15, 0.2) is 42.5 Å². The molecule has 38 heavy (non-hydrogen) atoms. The molecule has 1 aromatic heterocycles. The van der Waals surface area contributed by atoms with E-state index < -0.39 is 35.0 Å². The first-order valence-corrected chi connectivity index (χ1v) is 12.1. The lowest BCUT2D eigenvalue weighted by atomic mass is 10.0. The first-order valence-electron chi connectivity index (χ1n) is 12.1. The van der Waals surface area contributed by atoms with Gasteiger partial charge in [-0.15, -0.1) is 0 Å². The minimum absolute atomic E-state index is 0.0181. The summed E-state index contributed by atoms with van der Waals surface area (Å²) in [6.07, 6.45) is -9.38. The van der Waals surface area contributed by atoms with Crippen molar-refractivity contribution >= 4 is 11.7 Å². The smallest absolute Gasteiger partial charge is 0.353 e. The molecule has 202 valence electrons. The van der Waals surface area contributed by atoms with Crippen LogP contribution in [-0.2, 0) is 18.8 Å². The number of hydrogen-bond acceptors (Lipinski definition) is 4. The summed E-state index contributed by atoms with van der Waals surface area (Å²) in [5.74, 6) is 0.388. The number of benzene rings is 2. The van der Waals surface area contributed by atoms with Crippen molar-refractivity contribution in [3.8, 4) is 11.4 Å². The van der Waals surface area contributed by atoms with Crippen molar-refractivity contribution in [2.24, 2.45) is 0 Å². The monoisotopic (exact) mass is 536 g/mol. The Hall–Kier alpha value is -3.63. The molecule has 1 saturated heterocycles. The van der Waals surface area contributed by atoms with Crippen LogP contribution in [0, 0.1) is 13.8 Å². The van der Waals surface area contributed by atoms with Crippen molar-refractivity contribution in [3.63, 3.8) is 0 Å². The summed E-state index contributed by atoms with van der Waals surface area (Å²) >= 11 is 0. The highest BCUT2D eigenvalue weighted by molar-refractivity contribution is 5.95. The van der Waals surface area contributed by atoms with Gasteiger partial charge in [-0.3, -0.25) is 4.79 Å². The highest BCUT2D eigenvalue weighted by Gasteiger charge is 2.38. The highest BCUT2D eigenvalue weighted by Crippen LogP contribution is 2.37. The second kappa shape index (κ2) is 10.3. The van der Waals surface area contributed by atoms with E-state index in [0.717, 1.165) is 22.4 Å². The number of halogens is 6. The van der Waals surface area contributed by atoms with Gasteiger partial charge in [0, 0.05) is 48.6 Å². The van der Waals surface area contributed by atoms with Gasteiger partial charge in [-0.2, -0.15) is 26.3 Å². The molecule has 0 atom stereocenters. The van der Waals surface area contributed by atoms with Crippen LogP contribution in [-0.4, -0.2) is 47.0 Å². The summed E-state index contributed by atoms with van der Waals surface area (Å²) in [4.78, 5) is 25.7. The molecular formula is C27H26F6N4O. The predicted molar refractivity (Wildman–Crippen MR) is 131 cm³/mol. The van der Waals surface area contributed by atoms with E-state index in [1.165, 1.54) is 4.90 Å². The number of hydrogen-bond donors (Lipinski definition) is 0. The average Bonchev–Trinajstić information content (AvgIpc) is 2.86. The number of nitrogens with zero attached hydrogens (tertiary/aromatic N) is 4. The molecule has 0 unspecified atom stereocenters. The van der Waals surface area contributed by atoms with Gasteiger partial charge in [0.1, 0.15) is 5.82 Å². The molecule has 0 aliphatic carbocycles. The summed E-state index contributed by atoms with van der Waals surface area (Å²) in [7, 11) is 0. The van der Waals surface area contributed by atoms with Crippen LogP contribution in [0.25, 0.3) is 11.4 Å². The summed E-state index contributed by atoms with van der Waals surface area (Å²) in [5, 5.41) is 0. The quantitative estimate of drug-likeness (QED) is 0.366. The molecular weight excluding hydrogens is 510 g/mol. The van der Waals surface area contributed by atoms with E-state index in [9.17, 15) is 31.1 Å². The van der Waals surface area contributed by atoms with Gasteiger partial charge in [0.25, 0.3) is 5.91 Å². The van der Waals surface area contributed by atoms with E-state index in [2.05, 4.69) is 4.98 Å². The maximum Gasteiger partial charge on any atom is 0.416 e. The third kappa shape index (κ3) is 5.76. The topological polar surface area (TPSA) is 49.3 Å². The maximum atomic E-state index is 13.3. The number of carbonyl (C=O) groups is 1. The molecule has 0 saturated carbocycles. The number of aromatic nitrogens is 2. The fourth-order valence-electron chi connectivity index (χ4n) is 4.55. The van der Waals surface area contributed by atoms with Crippen molar-refractivity contribution in [2.75, 3.05) is 31.1 Å². The zero-order valence-electron chi connectivity index (χ0n) is 21.0. The van der Waals surface area contributed by atoms with Gasteiger partial charge in [-0.25, -0.2) is 9.97 Å². The molecule has 1 aliphatic heterocycles. The van der Waals surface area contributed by atoms with E-state index in [4.69, 9.17) is 4.98 Å². The molecule has 0 radical (unpaired) electrons. The number of carbonyl (C=O) groups excluding carboxylic acids is 1. The lowest BCUT2D eigenvalue weighted by molar-refractivity contribution is -0.143. The van der Waals surface area contributed by atoms with Crippen LogP contribution in [0.1, 0.15) is 45.2 Å². The maximum absolute atomic E-state index is 13.3. The molecule has 1 aliphatic rings. The number of rotatable bonds is 4. The van der Waals surface area contributed by atoms with Crippen LogP contribution in [0.4, 0.5) is 32.2 Å². The van der Waals surface area contributed by atoms with Crippen LogP contribution in [0.3, 0.4) is 0 Å². The first-order chi connectivity index (χ1) is 17.8. The third-order valence-corrected chi connectivity index (χ3v) is 6.52. The van der Waals surface area contributed by atoms with E-state index in [-0.39, 0.29) is 19.2 Å². The van der Waals surface area contributed by atoms with Crippen LogP contribution < -0.4 is 4.90 Å². The van der Waals surface area contributed by atoms with Crippen molar-refractivity contribution in [1.82, 2.24) is 14.9 Å². The first kappa shape index (κ1) is 27.4. The molecule has 11 heteroatoms. The summed E-state index contributed by atoms with van der Waals surface area (Å²) in [5.41, 5.74) is -0.000302. The zero-order valence-corrected chi connectivity index (χ0v) is 21.0. The van der Waals surface area contributed by atoms with Gasteiger partial charge >= 0.3 is 12.4 Å². The van der Waals surface area contributed by atoms with E-state index in [1.807, 2.05) is 49.9 Å². The van der Waals surface area contributed by atoms with Crippen molar-refractivity contribution < 1.29 is 31.1 Å². The van der Waals surface area contributed by atoms with Crippen LogP contribution in [0.5, 0.6) is 0 Å². The van der Waals surface area contributed by atoms with Crippen LogP contribution >= 0.6 is 0 Å². The Bertz CT molecular complexity index is 1310. The van der Waals surface area contributed by atoms with E-state index in [0.29, 0.717) is 43.3 Å². The normalized spacial score (nSPS) is 14.7. The second-order valence-electron chi connectivity index (χ2n) is 9.23. The molecule has 3 aromatic rings. The molecule has 1 amide bonds. The fourth-order valence-corrected chi connectivity index (χ4v) is 4.55. The number of anilines is 1. The summed E-state index contributed by atoms with van der Waals surface area (Å²) in [6, 6.07) is 8.74. The Kier molecular flexibility index (Phi) is 7.40. The average molecular weight is 537 g/mol. The largest absolute Gasteiger partial charge is 0.416 e. The van der Waals surface area contributed by atoms with Gasteiger partial charge in [0.2, 0.25) is 0 Å². The molecule has 2 aromatic carbocycles. The molecule has 5 nitrogen and oxygen atoms in total. The standard InChI is InChI=1S/C27H26F6N4O/c1-4-22-17(3)34-23(18-7-5-6-16(2)12-18)35-24(22)36-8-10-37(11-9-36)25(38)19-13-20(26(28,29)30)15-21(14-19)27(31,32)33/h5-7,12-15H,4,8-11H2,1-3H3. The number of amides is 1. The highest BCUT2D eigenvalue weighted by atomic mass is 19.4. The Morgan fingerprint density at radius 1 is 0.868 bits per heavy atom. The molecule has 0 spiro atoms. The van der Waals surface area contributed by atoms with E-state index in [1.54, 1.807) is 0 Å². The van der Waals surface area contributed by atoms with E-state index >= 15 is 0 Å². The number of alkyl halides is 6. The van der Waals surface area contributed by atoms with Crippen molar-refractivity contribution in [1.29, 1.82) is 0 Å². The van der Waals surface area contributed by atoms with Gasteiger partial charge in [-0.1, -0.05) is 30.7 Å². The minimum atomic E-state index is -5.02.